The first kappa shape index (κ1) is 19.9. The molecular weight excluding hydrogens is 332 g/mol. The van der Waals surface area contributed by atoms with Gasteiger partial charge in [0.1, 0.15) is 18.3 Å². The maximum absolute atomic E-state index is 12.1. The van der Waals surface area contributed by atoms with E-state index in [0.717, 1.165) is 12.1 Å². The van der Waals surface area contributed by atoms with E-state index in [2.05, 4.69) is 10.6 Å². The van der Waals surface area contributed by atoms with Gasteiger partial charge in [-0.15, -0.1) is 0 Å². The van der Waals surface area contributed by atoms with Gasteiger partial charge in [0.05, 0.1) is 5.56 Å². The minimum Gasteiger partial charge on any atom is -0.507 e. The van der Waals surface area contributed by atoms with Gasteiger partial charge in [-0.1, -0.05) is 13.8 Å². The van der Waals surface area contributed by atoms with Crippen LogP contribution in [0.15, 0.2) is 18.2 Å². The number of carbonyl (C=O) groups is 4. The van der Waals surface area contributed by atoms with Crippen LogP contribution >= 0.6 is 0 Å². The van der Waals surface area contributed by atoms with Gasteiger partial charge >= 0.3 is 11.9 Å². The number of hydrogen-bond donors (Lipinski definition) is 5. The SMILES string of the molecule is CC(C)C[C@H](NC(=O)c1ccc(C(=O)NCC(=O)O)cc1O)C(=O)O. The molecule has 2 amide bonds. The molecule has 0 aliphatic rings. The van der Waals surface area contributed by atoms with Crippen LogP contribution in [-0.4, -0.2) is 51.7 Å². The first-order valence-corrected chi connectivity index (χ1v) is 7.48. The molecule has 136 valence electrons. The van der Waals surface area contributed by atoms with Crippen molar-refractivity contribution in [1.82, 2.24) is 10.6 Å². The number of benzene rings is 1. The maximum atomic E-state index is 12.1. The first-order valence-electron chi connectivity index (χ1n) is 7.48. The molecule has 1 aromatic carbocycles. The molecular formula is C16H20N2O7. The van der Waals surface area contributed by atoms with E-state index < -0.39 is 42.1 Å². The molecule has 0 saturated carbocycles. The lowest BCUT2D eigenvalue weighted by Gasteiger charge is -2.17. The van der Waals surface area contributed by atoms with E-state index in [1.807, 2.05) is 13.8 Å². The zero-order valence-electron chi connectivity index (χ0n) is 13.8. The summed E-state index contributed by atoms with van der Waals surface area (Å²) in [7, 11) is 0. The van der Waals surface area contributed by atoms with Crippen molar-refractivity contribution in [2.45, 2.75) is 26.3 Å². The third-order valence-corrected chi connectivity index (χ3v) is 3.22. The molecule has 0 aliphatic heterocycles. The maximum Gasteiger partial charge on any atom is 0.326 e. The van der Waals surface area contributed by atoms with Crippen molar-refractivity contribution in [2.24, 2.45) is 5.92 Å². The Balaban J connectivity index is 2.88. The third kappa shape index (κ3) is 6.13. The van der Waals surface area contributed by atoms with E-state index >= 15 is 0 Å². The Kier molecular flexibility index (Phi) is 6.92. The fourth-order valence-corrected chi connectivity index (χ4v) is 2.05. The van der Waals surface area contributed by atoms with Gasteiger partial charge in [0, 0.05) is 5.56 Å². The highest BCUT2D eigenvalue weighted by molar-refractivity contribution is 6.01. The second-order valence-corrected chi connectivity index (χ2v) is 5.80. The molecule has 0 bridgehead atoms. The standard InChI is InChI=1S/C16H20N2O7/c1-8(2)5-11(16(24)25)18-15(23)10-4-3-9(6-12(10)19)14(22)17-7-13(20)21/h3-4,6,8,11,19H,5,7H2,1-2H3,(H,17,22)(H,18,23)(H,20,21)(H,24,25)/t11-/m0/s1. The number of aliphatic carboxylic acids is 2. The number of rotatable bonds is 8. The Hall–Kier alpha value is -3.10. The molecule has 0 fully saturated rings. The summed E-state index contributed by atoms with van der Waals surface area (Å²) < 4.78 is 0. The highest BCUT2D eigenvalue weighted by Gasteiger charge is 2.23. The molecule has 5 N–H and O–H groups in total. The summed E-state index contributed by atoms with van der Waals surface area (Å²) >= 11 is 0. The lowest BCUT2D eigenvalue weighted by Crippen LogP contribution is -2.41. The molecule has 0 heterocycles. The number of phenols is 1. The fraction of sp³-hybridized carbons (Fsp3) is 0.375. The average molecular weight is 352 g/mol. The molecule has 0 radical (unpaired) electrons. The molecule has 0 aromatic heterocycles. The van der Waals surface area contributed by atoms with Gasteiger partial charge in [0.2, 0.25) is 0 Å². The topological polar surface area (TPSA) is 153 Å². The highest BCUT2D eigenvalue weighted by Crippen LogP contribution is 2.19. The summed E-state index contributed by atoms with van der Waals surface area (Å²) in [6, 6.07) is 2.29. The van der Waals surface area contributed by atoms with Crippen molar-refractivity contribution in [1.29, 1.82) is 0 Å². The molecule has 0 unspecified atom stereocenters. The summed E-state index contributed by atoms with van der Waals surface area (Å²) in [6.07, 6.45) is 0.220. The minimum absolute atomic E-state index is 0.0349. The van der Waals surface area contributed by atoms with E-state index in [4.69, 9.17) is 10.2 Å². The van der Waals surface area contributed by atoms with Crippen LogP contribution in [0.2, 0.25) is 0 Å². The number of nitrogens with one attached hydrogen (secondary N) is 2. The van der Waals surface area contributed by atoms with Gasteiger partial charge in [-0.05, 0) is 30.5 Å². The summed E-state index contributed by atoms with van der Waals surface area (Å²) in [4.78, 5) is 45.4. The van der Waals surface area contributed by atoms with Crippen molar-refractivity contribution in [3.63, 3.8) is 0 Å². The number of aromatic hydroxyl groups is 1. The van der Waals surface area contributed by atoms with E-state index in [9.17, 15) is 24.3 Å². The van der Waals surface area contributed by atoms with Crippen LogP contribution in [-0.2, 0) is 9.59 Å². The van der Waals surface area contributed by atoms with Crippen LogP contribution in [0.25, 0.3) is 0 Å². The molecule has 0 spiro atoms. The minimum atomic E-state index is -1.22. The monoisotopic (exact) mass is 352 g/mol. The molecule has 25 heavy (non-hydrogen) atoms. The summed E-state index contributed by atoms with van der Waals surface area (Å²) in [5.74, 6) is -4.41. The number of phenolic OH excluding ortho intramolecular Hbond substituents is 1. The van der Waals surface area contributed by atoms with E-state index in [1.165, 1.54) is 6.07 Å². The van der Waals surface area contributed by atoms with Crippen LogP contribution in [0.3, 0.4) is 0 Å². The Bertz CT molecular complexity index is 685. The Labute approximate surface area is 143 Å². The molecule has 1 atom stereocenters. The van der Waals surface area contributed by atoms with Crippen molar-refractivity contribution in [3.8, 4) is 5.75 Å². The van der Waals surface area contributed by atoms with Crippen LogP contribution in [0.4, 0.5) is 0 Å². The lowest BCUT2D eigenvalue weighted by atomic mass is 10.0. The average Bonchev–Trinajstić information content (AvgIpc) is 2.50. The quantitative estimate of drug-likeness (QED) is 0.455. The van der Waals surface area contributed by atoms with Gasteiger partial charge in [-0.25, -0.2) is 4.79 Å². The van der Waals surface area contributed by atoms with Gasteiger partial charge in [-0.3, -0.25) is 14.4 Å². The predicted molar refractivity (Wildman–Crippen MR) is 86.4 cm³/mol. The molecule has 9 nitrogen and oxygen atoms in total. The van der Waals surface area contributed by atoms with Crippen molar-refractivity contribution in [2.75, 3.05) is 6.54 Å². The Morgan fingerprint density at radius 3 is 2.20 bits per heavy atom. The van der Waals surface area contributed by atoms with Gasteiger partial charge in [-0.2, -0.15) is 0 Å². The van der Waals surface area contributed by atoms with E-state index in [-0.39, 0.29) is 23.5 Å². The van der Waals surface area contributed by atoms with Gasteiger partial charge in [0.15, 0.2) is 0 Å². The first-order chi connectivity index (χ1) is 11.6. The summed E-state index contributed by atoms with van der Waals surface area (Å²) in [5, 5.41) is 32.0. The van der Waals surface area contributed by atoms with Crippen LogP contribution in [0.1, 0.15) is 41.0 Å². The zero-order valence-corrected chi connectivity index (χ0v) is 13.8. The number of carboxylic acids is 2. The molecule has 1 aromatic rings. The second-order valence-electron chi connectivity index (χ2n) is 5.80. The third-order valence-electron chi connectivity index (χ3n) is 3.22. The summed E-state index contributed by atoms with van der Waals surface area (Å²) in [6.45, 7) is 3.03. The zero-order chi connectivity index (χ0) is 19.1. The normalized spacial score (nSPS) is 11.6. The predicted octanol–water partition coefficient (Wildman–Crippen LogP) is 0.436. The Morgan fingerprint density at radius 1 is 1.08 bits per heavy atom. The van der Waals surface area contributed by atoms with Crippen LogP contribution < -0.4 is 10.6 Å². The largest absolute Gasteiger partial charge is 0.507 e. The van der Waals surface area contributed by atoms with Gasteiger partial charge < -0.3 is 26.0 Å². The molecule has 0 saturated heterocycles. The molecule has 9 heteroatoms. The summed E-state index contributed by atoms with van der Waals surface area (Å²) in [5.41, 5.74) is -0.225. The van der Waals surface area contributed by atoms with Crippen molar-refractivity contribution in [3.05, 3.63) is 29.3 Å². The van der Waals surface area contributed by atoms with E-state index in [0.29, 0.717) is 0 Å². The number of hydrogen-bond acceptors (Lipinski definition) is 5. The fourth-order valence-electron chi connectivity index (χ4n) is 2.05. The molecule has 1 rings (SSSR count). The Morgan fingerprint density at radius 2 is 1.72 bits per heavy atom. The smallest absolute Gasteiger partial charge is 0.326 e. The van der Waals surface area contributed by atoms with Crippen molar-refractivity contribution >= 4 is 23.8 Å². The second kappa shape index (κ2) is 8.67. The molecule has 0 aliphatic carbocycles. The van der Waals surface area contributed by atoms with Crippen LogP contribution in [0, 0.1) is 5.92 Å². The lowest BCUT2D eigenvalue weighted by molar-refractivity contribution is -0.139. The van der Waals surface area contributed by atoms with E-state index in [1.54, 1.807) is 0 Å². The number of amides is 2. The number of carboxylic acid groups (broad SMARTS) is 2. The van der Waals surface area contributed by atoms with Gasteiger partial charge in [0.25, 0.3) is 11.8 Å². The highest BCUT2D eigenvalue weighted by atomic mass is 16.4. The number of carbonyl (C=O) groups excluding carboxylic acids is 2. The van der Waals surface area contributed by atoms with Crippen LogP contribution in [0.5, 0.6) is 5.75 Å². The van der Waals surface area contributed by atoms with Crippen molar-refractivity contribution < 1.29 is 34.5 Å².